The molecule has 2 heterocycles. The molecule has 0 aromatic heterocycles. The molecule has 33 heavy (non-hydrogen) atoms. The van der Waals surface area contributed by atoms with Gasteiger partial charge in [-0.1, -0.05) is 0 Å². The number of amides is 2. The van der Waals surface area contributed by atoms with Gasteiger partial charge >= 0.3 is 0 Å². The maximum Gasteiger partial charge on any atom is 0.243 e. The normalized spacial score (nSPS) is 19.1. The second-order valence-electron chi connectivity index (χ2n) is 8.72. The lowest BCUT2D eigenvalue weighted by molar-refractivity contribution is -0.121. The van der Waals surface area contributed by atoms with E-state index in [0.717, 1.165) is 17.7 Å². The zero-order chi connectivity index (χ0) is 23.8. The highest BCUT2D eigenvalue weighted by Crippen LogP contribution is 2.32. The molecule has 1 unspecified atom stereocenters. The van der Waals surface area contributed by atoms with E-state index < -0.39 is 15.9 Å². The second kappa shape index (κ2) is 9.23. The van der Waals surface area contributed by atoms with Crippen LogP contribution in [0.5, 0.6) is 0 Å². The molecule has 0 spiro atoms. The maximum absolute atomic E-state index is 13.4. The van der Waals surface area contributed by atoms with E-state index in [-0.39, 0.29) is 29.1 Å². The molecule has 2 aromatic rings. The van der Waals surface area contributed by atoms with Crippen LogP contribution in [0.1, 0.15) is 37.3 Å². The molecule has 1 N–H and O–H groups in total. The number of carbonyl (C=O) groups excluding carboxylic acids is 2. The first-order valence-electron chi connectivity index (χ1n) is 11.1. The van der Waals surface area contributed by atoms with Crippen molar-refractivity contribution >= 4 is 33.2 Å². The first-order chi connectivity index (χ1) is 15.7. The van der Waals surface area contributed by atoms with Crippen LogP contribution in [0, 0.1) is 18.7 Å². The number of hydrogen-bond donors (Lipinski definition) is 1. The number of benzene rings is 2. The van der Waals surface area contributed by atoms with Crippen molar-refractivity contribution in [2.45, 2.75) is 44.4 Å². The molecular weight excluding hydrogens is 445 g/mol. The molecule has 1 atom stereocenters. The monoisotopic (exact) mass is 473 g/mol. The first-order valence-corrected chi connectivity index (χ1v) is 12.6. The minimum Gasteiger partial charge on any atom is -0.326 e. The van der Waals surface area contributed by atoms with Crippen molar-refractivity contribution in [2.75, 3.05) is 29.9 Å². The minimum absolute atomic E-state index is 0.0622. The van der Waals surface area contributed by atoms with Gasteiger partial charge in [0.2, 0.25) is 21.8 Å². The molecule has 9 heteroatoms. The lowest BCUT2D eigenvalue weighted by Crippen LogP contribution is -2.43. The van der Waals surface area contributed by atoms with E-state index in [9.17, 15) is 22.4 Å². The van der Waals surface area contributed by atoms with Crippen LogP contribution in [0.2, 0.25) is 0 Å². The van der Waals surface area contributed by atoms with Crippen LogP contribution < -0.4 is 10.2 Å². The fraction of sp³-hybridized carbons (Fsp3) is 0.417. The average Bonchev–Trinajstić information content (AvgIpc) is 2.80. The number of nitrogens with one attached hydrogen (secondary N) is 1. The van der Waals surface area contributed by atoms with E-state index in [1.807, 2.05) is 0 Å². The molecule has 4 rings (SSSR count). The maximum atomic E-state index is 13.4. The van der Waals surface area contributed by atoms with Gasteiger partial charge in [0.1, 0.15) is 5.82 Å². The lowest BCUT2D eigenvalue weighted by atomic mass is 9.98. The van der Waals surface area contributed by atoms with Gasteiger partial charge in [-0.25, -0.2) is 12.8 Å². The van der Waals surface area contributed by atoms with E-state index in [2.05, 4.69) is 5.32 Å². The summed E-state index contributed by atoms with van der Waals surface area (Å²) in [6, 6.07) is 9.04. The molecule has 2 aliphatic heterocycles. The third kappa shape index (κ3) is 4.79. The standard InChI is InChI=1S/C24H28FN3O4S/c1-16-13-20(25)7-9-22(16)26-24(30)19-6-3-11-27(15-19)33(31,32)21-8-10-23-18(14-21)5-4-12-28(23)17(2)29/h7-10,13-14,19H,3-6,11-12,15H2,1-2H3,(H,26,30). The fourth-order valence-electron chi connectivity index (χ4n) is 4.59. The number of fused-ring (bicyclic) bond motifs is 1. The number of hydrogen-bond acceptors (Lipinski definition) is 4. The summed E-state index contributed by atoms with van der Waals surface area (Å²) in [5, 5.41) is 2.81. The molecule has 0 saturated carbocycles. The van der Waals surface area contributed by atoms with Crippen LogP contribution in [0.25, 0.3) is 0 Å². The average molecular weight is 474 g/mol. The highest BCUT2D eigenvalue weighted by molar-refractivity contribution is 7.89. The van der Waals surface area contributed by atoms with Crippen molar-refractivity contribution in [1.29, 1.82) is 0 Å². The summed E-state index contributed by atoms with van der Waals surface area (Å²) in [5.41, 5.74) is 2.73. The van der Waals surface area contributed by atoms with Crippen molar-refractivity contribution < 1.29 is 22.4 Å². The van der Waals surface area contributed by atoms with E-state index >= 15 is 0 Å². The van der Waals surface area contributed by atoms with Crippen molar-refractivity contribution in [3.05, 3.63) is 53.3 Å². The van der Waals surface area contributed by atoms with Gasteiger partial charge in [-0.2, -0.15) is 4.31 Å². The van der Waals surface area contributed by atoms with Crippen molar-refractivity contribution in [3.63, 3.8) is 0 Å². The highest BCUT2D eigenvalue weighted by atomic mass is 32.2. The molecule has 0 aliphatic carbocycles. The summed E-state index contributed by atoms with van der Waals surface area (Å²) in [6.07, 6.45) is 2.65. The molecule has 2 aliphatic rings. The van der Waals surface area contributed by atoms with Gasteiger partial charge in [0.05, 0.1) is 10.8 Å². The molecule has 0 radical (unpaired) electrons. The van der Waals surface area contributed by atoms with Crippen molar-refractivity contribution in [2.24, 2.45) is 5.92 Å². The van der Waals surface area contributed by atoms with Crippen LogP contribution >= 0.6 is 0 Å². The Labute approximate surface area is 193 Å². The molecule has 2 aromatic carbocycles. The fourth-order valence-corrected chi connectivity index (χ4v) is 6.16. The highest BCUT2D eigenvalue weighted by Gasteiger charge is 2.34. The molecular formula is C24H28FN3O4S. The molecule has 7 nitrogen and oxygen atoms in total. The van der Waals surface area contributed by atoms with Crippen LogP contribution in [-0.2, 0) is 26.0 Å². The minimum atomic E-state index is -3.79. The number of halogens is 1. The Bertz CT molecular complexity index is 1200. The summed E-state index contributed by atoms with van der Waals surface area (Å²) in [4.78, 5) is 26.6. The molecule has 2 amide bonds. The summed E-state index contributed by atoms with van der Waals surface area (Å²) in [6.45, 7) is 4.28. The van der Waals surface area contributed by atoms with Gasteiger partial charge in [0.15, 0.2) is 0 Å². The van der Waals surface area contributed by atoms with Crippen molar-refractivity contribution in [3.8, 4) is 0 Å². The van der Waals surface area contributed by atoms with Crippen LogP contribution in [0.15, 0.2) is 41.3 Å². The van der Waals surface area contributed by atoms with Crippen LogP contribution in [0.3, 0.4) is 0 Å². The van der Waals surface area contributed by atoms with Crippen molar-refractivity contribution in [1.82, 2.24) is 4.31 Å². The third-order valence-electron chi connectivity index (χ3n) is 6.39. The zero-order valence-electron chi connectivity index (χ0n) is 18.8. The Hall–Kier alpha value is -2.78. The predicted molar refractivity (Wildman–Crippen MR) is 124 cm³/mol. The largest absolute Gasteiger partial charge is 0.326 e. The van der Waals surface area contributed by atoms with E-state index in [0.29, 0.717) is 43.6 Å². The van der Waals surface area contributed by atoms with Crippen LogP contribution in [-0.4, -0.2) is 44.2 Å². The summed E-state index contributed by atoms with van der Waals surface area (Å²) in [5.74, 6) is -1.21. The summed E-state index contributed by atoms with van der Waals surface area (Å²) in [7, 11) is -3.79. The Kier molecular flexibility index (Phi) is 6.54. The number of piperidine rings is 1. The second-order valence-corrected chi connectivity index (χ2v) is 10.7. The van der Waals surface area contributed by atoms with E-state index in [1.54, 1.807) is 30.0 Å². The topological polar surface area (TPSA) is 86.8 Å². The number of nitrogens with zero attached hydrogens (tertiary/aromatic N) is 2. The van der Waals surface area contributed by atoms with Crippen LogP contribution in [0.4, 0.5) is 15.8 Å². The smallest absolute Gasteiger partial charge is 0.243 e. The summed E-state index contributed by atoms with van der Waals surface area (Å²) >= 11 is 0. The molecule has 176 valence electrons. The van der Waals surface area contributed by atoms with E-state index in [1.165, 1.54) is 29.4 Å². The Morgan fingerprint density at radius 1 is 1.09 bits per heavy atom. The predicted octanol–water partition coefficient (Wildman–Crippen LogP) is 3.47. The Balaban J connectivity index is 1.51. The summed E-state index contributed by atoms with van der Waals surface area (Å²) < 4.78 is 41.5. The van der Waals surface area contributed by atoms with E-state index in [4.69, 9.17) is 0 Å². The molecule has 0 bridgehead atoms. The number of rotatable bonds is 4. The van der Waals surface area contributed by atoms with Gasteiger partial charge in [-0.05, 0) is 80.1 Å². The van der Waals surface area contributed by atoms with Gasteiger partial charge < -0.3 is 10.2 Å². The molecule has 1 fully saturated rings. The first kappa shape index (κ1) is 23.4. The number of sulfonamides is 1. The molecule has 1 saturated heterocycles. The van der Waals surface area contributed by atoms with Gasteiger partial charge in [0.25, 0.3) is 0 Å². The van der Waals surface area contributed by atoms with Gasteiger partial charge in [-0.3, -0.25) is 9.59 Å². The number of anilines is 2. The number of aryl methyl sites for hydroxylation is 2. The quantitative estimate of drug-likeness (QED) is 0.737. The van der Waals surface area contributed by atoms with Gasteiger partial charge in [-0.15, -0.1) is 0 Å². The SMILES string of the molecule is CC(=O)N1CCCc2cc(S(=O)(=O)N3CCCC(C(=O)Nc4ccc(F)cc4C)C3)ccc21. The Morgan fingerprint density at radius 2 is 1.88 bits per heavy atom. The Morgan fingerprint density at radius 3 is 2.61 bits per heavy atom. The number of carbonyl (C=O) groups is 2. The lowest BCUT2D eigenvalue weighted by Gasteiger charge is -2.32. The zero-order valence-corrected chi connectivity index (χ0v) is 19.6. The van der Waals surface area contributed by atoms with Gasteiger partial charge in [0, 0.05) is 37.9 Å². The third-order valence-corrected chi connectivity index (χ3v) is 8.25.